The molecule has 0 spiro atoms. The summed E-state index contributed by atoms with van der Waals surface area (Å²) in [5.41, 5.74) is 4.66. The predicted molar refractivity (Wildman–Crippen MR) is 116 cm³/mol. The summed E-state index contributed by atoms with van der Waals surface area (Å²) in [5, 5.41) is 16.8. The van der Waals surface area contributed by atoms with Gasteiger partial charge in [-0.15, -0.1) is 0 Å². The number of anilines is 2. The van der Waals surface area contributed by atoms with E-state index >= 15 is 0 Å². The maximum atomic E-state index is 10.2. The van der Waals surface area contributed by atoms with Gasteiger partial charge < -0.3 is 15.3 Å². The minimum atomic E-state index is -0.609. The first-order chi connectivity index (χ1) is 14.5. The number of hydrogen-bond acceptors (Lipinski definition) is 6. The minimum Gasteiger partial charge on any atom is -0.481 e. The Morgan fingerprint density at radius 3 is 2.70 bits per heavy atom. The Balaban J connectivity index is 0.000000230. The number of nitrogens with zero attached hydrogens (tertiary/aromatic N) is 5. The van der Waals surface area contributed by atoms with Crippen LogP contribution in [-0.2, 0) is 24.8 Å². The van der Waals surface area contributed by atoms with Crippen LogP contribution in [0.1, 0.15) is 36.8 Å². The Labute approximate surface area is 175 Å². The lowest BCUT2D eigenvalue weighted by atomic mass is 9.99. The van der Waals surface area contributed by atoms with E-state index in [2.05, 4.69) is 50.5 Å². The lowest BCUT2D eigenvalue weighted by molar-refractivity contribution is -0.141. The summed E-state index contributed by atoms with van der Waals surface area (Å²) < 4.78 is 1.75. The molecule has 8 nitrogen and oxygen atoms in total. The number of benzene rings is 1. The molecule has 2 N–H and O–H groups in total. The van der Waals surface area contributed by atoms with Crippen molar-refractivity contribution in [2.45, 2.75) is 38.6 Å². The number of carbonyl (C=O) groups is 1. The van der Waals surface area contributed by atoms with Gasteiger partial charge in [0.2, 0.25) is 5.95 Å². The van der Waals surface area contributed by atoms with E-state index < -0.39 is 5.97 Å². The van der Waals surface area contributed by atoms with Crippen LogP contribution >= 0.6 is 0 Å². The Morgan fingerprint density at radius 2 is 1.97 bits per heavy atom. The van der Waals surface area contributed by atoms with Crippen LogP contribution in [-0.4, -0.2) is 49.3 Å². The minimum absolute atomic E-state index is 0.0185. The summed E-state index contributed by atoms with van der Waals surface area (Å²) in [6.07, 6.45) is 8.69. The molecule has 3 aromatic rings. The van der Waals surface area contributed by atoms with Gasteiger partial charge in [-0.2, -0.15) is 10.1 Å². The summed E-state index contributed by atoms with van der Waals surface area (Å²) in [4.78, 5) is 21.4. The van der Waals surface area contributed by atoms with Gasteiger partial charge in [-0.1, -0.05) is 18.9 Å². The standard InChI is InChI=1S/C16H18N6.C6H10O2/c1-21-6-5-11-3-4-14(7-12(11)10-21)19-16-17-8-13-9-18-22(2)15(13)20-16;7-6(8)5-3-1-2-4-5/h3-4,7-9H,5-6,10H2,1-2H3,(H,17,19,20);5H,1-4H2,(H,7,8). The number of nitrogens with one attached hydrogen (secondary N) is 1. The molecule has 3 heterocycles. The van der Waals surface area contributed by atoms with E-state index in [1.807, 2.05) is 7.05 Å². The second-order valence-corrected chi connectivity index (χ2v) is 8.16. The van der Waals surface area contributed by atoms with Crippen LogP contribution in [0.3, 0.4) is 0 Å². The molecule has 1 aliphatic heterocycles. The Morgan fingerprint density at radius 1 is 1.17 bits per heavy atom. The number of hydrogen-bond donors (Lipinski definition) is 2. The number of aromatic nitrogens is 4. The van der Waals surface area contributed by atoms with E-state index in [0.717, 1.165) is 61.9 Å². The molecule has 5 rings (SSSR count). The van der Waals surface area contributed by atoms with E-state index in [1.165, 1.54) is 11.1 Å². The van der Waals surface area contributed by atoms with Gasteiger partial charge in [-0.05, 0) is 49.6 Å². The Kier molecular flexibility index (Phi) is 5.94. The number of carboxylic acids is 1. The van der Waals surface area contributed by atoms with Crippen LogP contribution in [0.15, 0.2) is 30.6 Å². The van der Waals surface area contributed by atoms with Gasteiger partial charge in [0.1, 0.15) is 0 Å². The third kappa shape index (κ3) is 4.59. The van der Waals surface area contributed by atoms with E-state index in [1.54, 1.807) is 17.1 Å². The largest absolute Gasteiger partial charge is 0.481 e. The van der Waals surface area contributed by atoms with Crippen molar-refractivity contribution in [1.82, 2.24) is 24.6 Å². The topological polar surface area (TPSA) is 96.2 Å². The van der Waals surface area contributed by atoms with Gasteiger partial charge in [0.05, 0.1) is 17.5 Å². The van der Waals surface area contributed by atoms with Gasteiger partial charge in [0.25, 0.3) is 0 Å². The van der Waals surface area contributed by atoms with Crippen LogP contribution in [0.2, 0.25) is 0 Å². The SMILES string of the molecule is CN1CCc2ccc(Nc3ncc4cnn(C)c4n3)cc2C1.O=C(O)C1CCCC1. The molecule has 0 radical (unpaired) electrons. The lowest BCUT2D eigenvalue weighted by Gasteiger charge is -2.25. The fourth-order valence-electron chi connectivity index (χ4n) is 4.07. The normalized spacial score (nSPS) is 16.7. The highest BCUT2D eigenvalue weighted by Crippen LogP contribution is 2.25. The van der Waals surface area contributed by atoms with E-state index in [9.17, 15) is 4.79 Å². The molecule has 8 heteroatoms. The number of aryl methyl sites for hydroxylation is 1. The highest BCUT2D eigenvalue weighted by Gasteiger charge is 2.21. The highest BCUT2D eigenvalue weighted by atomic mass is 16.4. The monoisotopic (exact) mass is 408 g/mol. The van der Waals surface area contributed by atoms with Crippen molar-refractivity contribution in [2.75, 3.05) is 18.9 Å². The van der Waals surface area contributed by atoms with Crippen LogP contribution in [0, 0.1) is 5.92 Å². The molecule has 0 atom stereocenters. The van der Waals surface area contributed by atoms with Crippen LogP contribution in [0.5, 0.6) is 0 Å². The van der Waals surface area contributed by atoms with Gasteiger partial charge >= 0.3 is 5.97 Å². The first-order valence-corrected chi connectivity index (χ1v) is 10.4. The van der Waals surface area contributed by atoms with Crippen molar-refractivity contribution in [3.63, 3.8) is 0 Å². The van der Waals surface area contributed by atoms with E-state index in [4.69, 9.17) is 5.11 Å². The van der Waals surface area contributed by atoms with Crippen molar-refractivity contribution >= 4 is 28.6 Å². The van der Waals surface area contributed by atoms with Crippen LogP contribution in [0.4, 0.5) is 11.6 Å². The average molecular weight is 409 g/mol. The zero-order chi connectivity index (χ0) is 21.1. The summed E-state index contributed by atoms with van der Waals surface area (Å²) in [6, 6.07) is 6.50. The molecule has 2 aromatic heterocycles. The van der Waals surface area contributed by atoms with E-state index in [-0.39, 0.29) is 5.92 Å². The predicted octanol–water partition coefficient (Wildman–Crippen LogP) is 3.36. The number of aliphatic carboxylic acids is 1. The van der Waals surface area contributed by atoms with Crippen molar-refractivity contribution < 1.29 is 9.90 Å². The Bertz CT molecular complexity index is 1040. The van der Waals surface area contributed by atoms with Gasteiger partial charge in [-0.3, -0.25) is 9.48 Å². The fraction of sp³-hybridized carbons (Fsp3) is 0.455. The third-order valence-electron chi connectivity index (χ3n) is 5.84. The maximum absolute atomic E-state index is 10.2. The number of carboxylic acid groups (broad SMARTS) is 1. The highest BCUT2D eigenvalue weighted by molar-refractivity contribution is 5.75. The van der Waals surface area contributed by atoms with Crippen LogP contribution in [0.25, 0.3) is 11.0 Å². The zero-order valence-electron chi connectivity index (χ0n) is 17.5. The molecule has 0 unspecified atom stereocenters. The molecule has 2 aliphatic rings. The smallest absolute Gasteiger partial charge is 0.306 e. The molecule has 30 heavy (non-hydrogen) atoms. The van der Waals surface area contributed by atoms with Crippen molar-refractivity contribution in [3.05, 3.63) is 41.7 Å². The summed E-state index contributed by atoms with van der Waals surface area (Å²) in [6.45, 7) is 2.12. The molecule has 158 valence electrons. The second-order valence-electron chi connectivity index (χ2n) is 8.16. The Hall–Kier alpha value is -3.00. The molecular weight excluding hydrogens is 380 g/mol. The summed E-state index contributed by atoms with van der Waals surface area (Å²) >= 11 is 0. The van der Waals surface area contributed by atoms with Gasteiger partial charge in [0.15, 0.2) is 5.65 Å². The lowest BCUT2D eigenvalue weighted by Crippen LogP contribution is -2.26. The molecular formula is C22H28N6O2. The zero-order valence-corrected chi connectivity index (χ0v) is 17.5. The first kappa shape index (κ1) is 20.3. The fourth-order valence-corrected chi connectivity index (χ4v) is 4.07. The second kappa shape index (κ2) is 8.79. The number of likely N-dealkylation sites (N-methyl/N-ethyl adjacent to an activating group) is 1. The molecule has 0 saturated heterocycles. The number of fused-ring (bicyclic) bond motifs is 2. The molecule has 1 fully saturated rings. The molecule has 1 aliphatic carbocycles. The van der Waals surface area contributed by atoms with Crippen molar-refractivity contribution in [2.24, 2.45) is 13.0 Å². The number of rotatable bonds is 3. The quantitative estimate of drug-likeness (QED) is 0.686. The van der Waals surface area contributed by atoms with Gasteiger partial charge in [-0.25, -0.2) is 4.98 Å². The average Bonchev–Trinajstić information content (AvgIpc) is 3.39. The third-order valence-corrected chi connectivity index (χ3v) is 5.84. The molecule has 0 amide bonds. The van der Waals surface area contributed by atoms with Crippen LogP contribution < -0.4 is 5.32 Å². The van der Waals surface area contributed by atoms with Gasteiger partial charge in [0, 0.05) is 32.0 Å². The van der Waals surface area contributed by atoms with E-state index in [0.29, 0.717) is 5.95 Å². The van der Waals surface area contributed by atoms with Crippen molar-refractivity contribution in [3.8, 4) is 0 Å². The molecule has 1 aromatic carbocycles. The first-order valence-electron chi connectivity index (χ1n) is 10.4. The summed E-state index contributed by atoms with van der Waals surface area (Å²) in [7, 11) is 4.04. The molecule has 0 bridgehead atoms. The van der Waals surface area contributed by atoms with Crippen molar-refractivity contribution in [1.29, 1.82) is 0 Å². The summed E-state index contributed by atoms with van der Waals surface area (Å²) in [5.74, 6) is -0.0299. The maximum Gasteiger partial charge on any atom is 0.306 e. The molecule has 1 saturated carbocycles.